The lowest BCUT2D eigenvalue weighted by molar-refractivity contribution is -0.137. The molecule has 0 unspecified atom stereocenters. The van der Waals surface area contributed by atoms with Crippen LogP contribution >= 0.6 is 0 Å². The molecule has 0 aliphatic carbocycles. The van der Waals surface area contributed by atoms with Crippen LogP contribution in [0.25, 0.3) is 0 Å². The molecule has 0 saturated carbocycles. The summed E-state index contributed by atoms with van der Waals surface area (Å²) in [6, 6.07) is 3.29. The van der Waals surface area contributed by atoms with Crippen LogP contribution in [0.4, 0.5) is 18.9 Å². The van der Waals surface area contributed by atoms with Gasteiger partial charge in [-0.25, -0.2) is 0 Å². The average molecular weight is 277 g/mol. The number of nitrogens with one attached hydrogen (secondary N) is 1. The monoisotopic (exact) mass is 277 g/mol. The van der Waals surface area contributed by atoms with E-state index in [2.05, 4.69) is 5.32 Å². The van der Waals surface area contributed by atoms with E-state index in [9.17, 15) is 18.0 Å². The molecular weight excluding hydrogens is 263 g/mol. The molecule has 1 aromatic carbocycles. The van der Waals surface area contributed by atoms with Crippen LogP contribution in [0.2, 0.25) is 0 Å². The molecule has 0 atom stereocenters. The summed E-state index contributed by atoms with van der Waals surface area (Å²) in [7, 11) is 1.26. The van der Waals surface area contributed by atoms with Gasteiger partial charge < -0.3 is 15.2 Å². The third kappa shape index (κ3) is 4.44. The maximum absolute atomic E-state index is 12.8. The number of aliphatic hydroxyl groups excluding tert-OH is 1. The summed E-state index contributed by atoms with van der Waals surface area (Å²) in [6.07, 6.45) is -4.43. The summed E-state index contributed by atoms with van der Waals surface area (Å²) < 4.78 is 43.2. The molecule has 0 radical (unpaired) electrons. The van der Waals surface area contributed by atoms with E-state index in [1.807, 2.05) is 0 Å². The molecule has 0 fully saturated rings. The van der Waals surface area contributed by atoms with Crippen molar-refractivity contribution >= 4 is 11.6 Å². The van der Waals surface area contributed by atoms with Gasteiger partial charge in [-0.1, -0.05) is 0 Å². The van der Waals surface area contributed by atoms with E-state index in [0.717, 1.165) is 12.1 Å². The van der Waals surface area contributed by atoms with Crippen LogP contribution in [-0.4, -0.2) is 24.7 Å². The van der Waals surface area contributed by atoms with Crippen LogP contribution in [0, 0.1) is 0 Å². The van der Waals surface area contributed by atoms with E-state index in [-0.39, 0.29) is 30.9 Å². The van der Waals surface area contributed by atoms with Gasteiger partial charge in [0.15, 0.2) is 0 Å². The number of benzene rings is 1. The van der Waals surface area contributed by atoms with Crippen molar-refractivity contribution in [2.45, 2.75) is 19.0 Å². The highest BCUT2D eigenvalue weighted by atomic mass is 19.4. The fraction of sp³-hybridized carbons (Fsp3) is 0.417. The average Bonchev–Trinajstić information content (AvgIpc) is 2.35. The Balaban J connectivity index is 2.96. The SMILES string of the molecule is COc1ccc(NC(=O)CCCO)c(C(F)(F)F)c1. The third-order valence-electron chi connectivity index (χ3n) is 2.37. The molecule has 106 valence electrons. The lowest BCUT2D eigenvalue weighted by Gasteiger charge is -2.15. The minimum atomic E-state index is -4.59. The van der Waals surface area contributed by atoms with E-state index in [4.69, 9.17) is 9.84 Å². The lowest BCUT2D eigenvalue weighted by atomic mass is 10.1. The first kappa shape index (κ1) is 15.3. The predicted molar refractivity (Wildman–Crippen MR) is 62.9 cm³/mol. The van der Waals surface area contributed by atoms with Gasteiger partial charge in [-0.3, -0.25) is 4.79 Å². The Morgan fingerprint density at radius 2 is 2.11 bits per heavy atom. The molecule has 0 aliphatic heterocycles. The number of ether oxygens (including phenoxy) is 1. The molecular formula is C12H14F3NO3. The van der Waals surface area contributed by atoms with E-state index in [1.54, 1.807) is 0 Å². The molecule has 0 bridgehead atoms. The van der Waals surface area contributed by atoms with E-state index in [0.29, 0.717) is 0 Å². The molecule has 7 heteroatoms. The van der Waals surface area contributed by atoms with E-state index >= 15 is 0 Å². The summed E-state index contributed by atoms with van der Waals surface area (Å²) in [6.45, 7) is -0.192. The molecule has 19 heavy (non-hydrogen) atoms. The number of hydrogen-bond donors (Lipinski definition) is 2. The topological polar surface area (TPSA) is 58.6 Å². The zero-order valence-electron chi connectivity index (χ0n) is 10.3. The highest BCUT2D eigenvalue weighted by Crippen LogP contribution is 2.37. The smallest absolute Gasteiger partial charge is 0.418 e. The van der Waals surface area contributed by atoms with E-state index < -0.39 is 17.6 Å². The highest BCUT2D eigenvalue weighted by Gasteiger charge is 2.34. The third-order valence-corrected chi connectivity index (χ3v) is 2.37. The van der Waals surface area contributed by atoms with Gasteiger partial charge in [-0.05, 0) is 24.6 Å². The fourth-order valence-electron chi connectivity index (χ4n) is 1.45. The van der Waals surface area contributed by atoms with E-state index in [1.165, 1.54) is 13.2 Å². The quantitative estimate of drug-likeness (QED) is 0.869. The summed E-state index contributed by atoms with van der Waals surface area (Å²) >= 11 is 0. The number of carbonyl (C=O) groups is 1. The van der Waals surface area contributed by atoms with Gasteiger partial charge in [-0.15, -0.1) is 0 Å². The summed E-state index contributed by atoms with van der Waals surface area (Å²) in [5.41, 5.74) is -1.29. The number of halogens is 3. The van der Waals surface area contributed by atoms with Gasteiger partial charge in [0.05, 0.1) is 18.4 Å². The number of methoxy groups -OCH3 is 1. The van der Waals surface area contributed by atoms with Crippen LogP contribution in [-0.2, 0) is 11.0 Å². The van der Waals surface area contributed by atoms with Crippen molar-refractivity contribution in [1.82, 2.24) is 0 Å². The first-order chi connectivity index (χ1) is 8.88. The van der Waals surface area contributed by atoms with Crippen molar-refractivity contribution in [3.63, 3.8) is 0 Å². The predicted octanol–water partition coefficient (Wildman–Crippen LogP) is 2.43. The van der Waals surface area contributed by atoms with Gasteiger partial charge in [-0.2, -0.15) is 13.2 Å². The van der Waals surface area contributed by atoms with Gasteiger partial charge in [0.2, 0.25) is 5.91 Å². The number of rotatable bonds is 5. The second-order valence-corrected chi connectivity index (χ2v) is 3.78. The Morgan fingerprint density at radius 1 is 1.42 bits per heavy atom. The van der Waals surface area contributed by atoms with Crippen molar-refractivity contribution < 1.29 is 27.8 Å². The number of alkyl halides is 3. The van der Waals surface area contributed by atoms with Crippen molar-refractivity contribution in [2.75, 3.05) is 19.0 Å². The Hall–Kier alpha value is -1.76. The Bertz CT molecular complexity index is 446. The lowest BCUT2D eigenvalue weighted by Crippen LogP contribution is -2.16. The fourth-order valence-corrected chi connectivity index (χ4v) is 1.45. The van der Waals surface area contributed by atoms with Gasteiger partial charge in [0, 0.05) is 13.0 Å². The van der Waals surface area contributed by atoms with Gasteiger partial charge >= 0.3 is 6.18 Å². The highest BCUT2D eigenvalue weighted by molar-refractivity contribution is 5.91. The van der Waals surface area contributed by atoms with Gasteiger partial charge in [0.25, 0.3) is 0 Å². The number of amides is 1. The Morgan fingerprint density at radius 3 is 2.63 bits per heavy atom. The van der Waals surface area contributed by atoms with Crippen LogP contribution in [0.3, 0.4) is 0 Å². The molecule has 1 rings (SSSR count). The normalized spacial score (nSPS) is 11.2. The van der Waals surface area contributed by atoms with Crippen molar-refractivity contribution in [1.29, 1.82) is 0 Å². The maximum atomic E-state index is 12.8. The summed E-state index contributed by atoms with van der Waals surface area (Å²) in [4.78, 5) is 11.4. The first-order valence-corrected chi connectivity index (χ1v) is 5.54. The Labute approximate surface area is 108 Å². The van der Waals surface area contributed by atoms with Crippen molar-refractivity contribution in [2.24, 2.45) is 0 Å². The van der Waals surface area contributed by atoms with Crippen molar-refractivity contribution in [3.05, 3.63) is 23.8 Å². The zero-order valence-corrected chi connectivity index (χ0v) is 10.3. The number of hydrogen-bond acceptors (Lipinski definition) is 3. The largest absolute Gasteiger partial charge is 0.497 e. The molecule has 0 aliphatic rings. The molecule has 1 amide bonds. The zero-order chi connectivity index (χ0) is 14.5. The summed E-state index contributed by atoms with van der Waals surface area (Å²) in [5.74, 6) is -0.523. The maximum Gasteiger partial charge on any atom is 0.418 e. The second kappa shape index (κ2) is 6.42. The van der Waals surface area contributed by atoms with Crippen LogP contribution < -0.4 is 10.1 Å². The number of carbonyl (C=O) groups excluding carboxylic acids is 1. The summed E-state index contributed by atoms with van der Waals surface area (Å²) in [5, 5.41) is 10.7. The van der Waals surface area contributed by atoms with Gasteiger partial charge in [0.1, 0.15) is 5.75 Å². The van der Waals surface area contributed by atoms with Crippen LogP contribution in [0.15, 0.2) is 18.2 Å². The minimum absolute atomic E-state index is 0.0418. The molecule has 4 nitrogen and oxygen atoms in total. The number of aliphatic hydroxyl groups is 1. The molecule has 2 N–H and O–H groups in total. The molecule has 0 saturated heterocycles. The first-order valence-electron chi connectivity index (χ1n) is 5.54. The standard InChI is InChI=1S/C12H14F3NO3/c1-19-8-4-5-10(9(7-8)12(13,14)15)16-11(18)3-2-6-17/h4-5,7,17H,2-3,6H2,1H3,(H,16,18). The molecule has 0 heterocycles. The van der Waals surface area contributed by atoms with Crippen LogP contribution in [0.1, 0.15) is 18.4 Å². The Kier molecular flexibility index (Phi) is 5.17. The molecule has 0 spiro atoms. The van der Waals surface area contributed by atoms with Crippen molar-refractivity contribution in [3.8, 4) is 5.75 Å². The second-order valence-electron chi connectivity index (χ2n) is 3.78. The molecule has 0 aromatic heterocycles. The van der Waals surface area contributed by atoms with Crippen LogP contribution in [0.5, 0.6) is 5.75 Å². The molecule has 1 aromatic rings. The minimum Gasteiger partial charge on any atom is -0.497 e. The number of anilines is 1.